The van der Waals surface area contributed by atoms with Crippen LogP contribution in [-0.4, -0.2) is 0 Å². The van der Waals surface area contributed by atoms with Crippen LogP contribution in [0.4, 0.5) is 5.69 Å². The average molecular weight is 478 g/mol. The van der Waals surface area contributed by atoms with E-state index >= 15 is 0 Å². The number of fused-ring (bicyclic) bond motifs is 10. The van der Waals surface area contributed by atoms with Gasteiger partial charge in [0.25, 0.3) is 0 Å². The Bertz CT molecular complexity index is 1640. The lowest BCUT2D eigenvalue weighted by Crippen LogP contribution is -2.29. The summed E-state index contributed by atoms with van der Waals surface area (Å²) >= 11 is 0. The van der Waals surface area contributed by atoms with Crippen LogP contribution in [0.3, 0.4) is 0 Å². The van der Waals surface area contributed by atoms with Gasteiger partial charge in [0, 0.05) is 17.0 Å². The molecule has 180 valence electrons. The molecule has 1 saturated carbocycles. The number of hydrogen-bond donors (Lipinski definition) is 1. The van der Waals surface area contributed by atoms with Crippen molar-refractivity contribution in [1.82, 2.24) is 0 Å². The van der Waals surface area contributed by atoms with Crippen molar-refractivity contribution >= 4 is 16.5 Å². The molecule has 0 radical (unpaired) electrons. The molecule has 5 aromatic carbocycles. The Kier molecular flexibility index (Phi) is 4.36. The Morgan fingerprint density at radius 2 is 1.22 bits per heavy atom. The van der Waals surface area contributed by atoms with Gasteiger partial charge in [-0.15, -0.1) is 0 Å². The summed E-state index contributed by atoms with van der Waals surface area (Å²) in [4.78, 5) is 0. The van der Waals surface area contributed by atoms with Gasteiger partial charge in [-0.1, -0.05) is 84.9 Å². The minimum atomic E-state index is 0.0357. The van der Waals surface area contributed by atoms with Gasteiger partial charge in [-0.3, -0.25) is 0 Å². The zero-order valence-corrected chi connectivity index (χ0v) is 21.5. The van der Waals surface area contributed by atoms with Gasteiger partial charge >= 0.3 is 0 Å². The van der Waals surface area contributed by atoms with Crippen LogP contribution in [-0.2, 0) is 5.41 Å². The molecular formula is C36H31N. The van der Waals surface area contributed by atoms with E-state index in [-0.39, 0.29) is 5.41 Å². The third kappa shape index (κ3) is 2.86. The van der Waals surface area contributed by atoms with E-state index in [1.54, 1.807) is 5.56 Å². The molecule has 0 aromatic heterocycles. The smallest absolute Gasteiger partial charge is 0.0551 e. The molecule has 3 aliphatic rings. The Hall–Kier alpha value is -3.84. The molecule has 0 amide bonds. The van der Waals surface area contributed by atoms with Gasteiger partial charge in [-0.2, -0.15) is 0 Å². The lowest BCUT2D eigenvalue weighted by Gasteiger charge is -2.35. The van der Waals surface area contributed by atoms with Gasteiger partial charge < -0.3 is 5.32 Å². The Balaban J connectivity index is 1.37. The Morgan fingerprint density at radius 3 is 1.86 bits per heavy atom. The van der Waals surface area contributed by atoms with Crippen molar-refractivity contribution in [1.29, 1.82) is 0 Å². The first-order valence-electron chi connectivity index (χ1n) is 13.7. The van der Waals surface area contributed by atoms with Crippen LogP contribution >= 0.6 is 0 Å². The normalized spacial score (nSPS) is 22.1. The predicted octanol–water partition coefficient (Wildman–Crippen LogP) is 9.08. The molecule has 1 nitrogen and oxygen atoms in total. The highest BCUT2D eigenvalue weighted by molar-refractivity contribution is 5.87. The van der Waals surface area contributed by atoms with E-state index in [9.17, 15) is 0 Å². The number of aryl methyl sites for hydroxylation is 2. The highest BCUT2D eigenvalue weighted by atomic mass is 14.9. The molecule has 1 spiro atoms. The quantitative estimate of drug-likeness (QED) is 0.267. The summed E-state index contributed by atoms with van der Waals surface area (Å²) in [6.45, 7) is 4.40. The summed E-state index contributed by atoms with van der Waals surface area (Å²) in [6.07, 6.45) is 2.43. The second-order valence-electron chi connectivity index (χ2n) is 11.6. The Labute approximate surface area is 219 Å². The molecule has 0 heterocycles. The van der Waals surface area contributed by atoms with E-state index in [4.69, 9.17) is 0 Å². The summed E-state index contributed by atoms with van der Waals surface area (Å²) in [6, 6.07) is 39.6. The zero-order chi connectivity index (χ0) is 24.7. The molecule has 0 saturated heterocycles. The highest BCUT2D eigenvalue weighted by Gasteiger charge is 2.60. The highest BCUT2D eigenvalue weighted by Crippen LogP contribution is 2.69. The Morgan fingerprint density at radius 1 is 0.649 bits per heavy atom. The summed E-state index contributed by atoms with van der Waals surface area (Å²) in [5.74, 6) is 1.01. The zero-order valence-electron chi connectivity index (χ0n) is 21.5. The van der Waals surface area contributed by atoms with Gasteiger partial charge in [0.05, 0.1) is 6.04 Å². The van der Waals surface area contributed by atoms with Crippen LogP contribution < -0.4 is 5.32 Å². The lowest BCUT2D eigenvalue weighted by atomic mass is 9.67. The lowest BCUT2D eigenvalue weighted by molar-refractivity contribution is 0.409. The maximum absolute atomic E-state index is 4.07. The molecule has 1 heteroatoms. The fraction of sp³-hybridized carbons (Fsp3) is 0.222. The number of nitrogens with one attached hydrogen (secondary N) is 1. The van der Waals surface area contributed by atoms with Gasteiger partial charge in [0.1, 0.15) is 0 Å². The number of benzene rings is 5. The third-order valence-electron chi connectivity index (χ3n) is 9.53. The minimum absolute atomic E-state index is 0.0357. The molecule has 3 atom stereocenters. The van der Waals surface area contributed by atoms with Gasteiger partial charge in [-0.25, -0.2) is 0 Å². The van der Waals surface area contributed by atoms with Crippen LogP contribution in [0.5, 0.6) is 0 Å². The van der Waals surface area contributed by atoms with E-state index in [2.05, 4.69) is 122 Å². The van der Waals surface area contributed by atoms with E-state index < -0.39 is 0 Å². The first kappa shape index (κ1) is 21.3. The monoisotopic (exact) mass is 477 g/mol. The van der Waals surface area contributed by atoms with Crippen molar-refractivity contribution in [3.63, 3.8) is 0 Å². The van der Waals surface area contributed by atoms with Gasteiger partial charge in [-0.05, 0) is 106 Å². The van der Waals surface area contributed by atoms with E-state index in [0.29, 0.717) is 17.9 Å². The second kappa shape index (κ2) is 7.59. The van der Waals surface area contributed by atoms with E-state index in [1.165, 1.54) is 68.2 Å². The molecule has 0 bridgehead atoms. The average Bonchev–Trinajstić information content (AvgIpc) is 3.53. The molecule has 1 N–H and O–H groups in total. The van der Waals surface area contributed by atoms with Gasteiger partial charge in [0.2, 0.25) is 0 Å². The molecule has 37 heavy (non-hydrogen) atoms. The predicted molar refractivity (Wildman–Crippen MR) is 154 cm³/mol. The topological polar surface area (TPSA) is 12.0 Å². The summed E-state index contributed by atoms with van der Waals surface area (Å²) < 4.78 is 0. The van der Waals surface area contributed by atoms with E-state index in [0.717, 1.165) is 0 Å². The fourth-order valence-electron chi connectivity index (χ4n) is 8.37. The maximum Gasteiger partial charge on any atom is 0.0551 e. The van der Waals surface area contributed by atoms with Crippen molar-refractivity contribution in [2.24, 2.45) is 5.92 Å². The maximum atomic E-state index is 4.07. The van der Waals surface area contributed by atoms with Gasteiger partial charge in [0.15, 0.2) is 0 Å². The molecule has 5 aromatic rings. The molecule has 3 aliphatic carbocycles. The van der Waals surface area contributed by atoms with Crippen LogP contribution in [0.25, 0.3) is 21.9 Å². The SMILES string of the molecule is Cc1cc(C)cc(N[C@H]2c3cc4ccccc4cc3[C@@H]3[C@H]2CCC32c3ccccc3-c3ccccc32)c1. The van der Waals surface area contributed by atoms with Crippen molar-refractivity contribution in [3.8, 4) is 11.1 Å². The van der Waals surface area contributed by atoms with Crippen molar-refractivity contribution in [2.45, 2.75) is 44.1 Å². The van der Waals surface area contributed by atoms with Crippen LogP contribution in [0.2, 0.25) is 0 Å². The van der Waals surface area contributed by atoms with Crippen LogP contribution in [0.15, 0.2) is 103 Å². The van der Waals surface area contributed by atoms with E-state index in [1.807, 2.05) is 0 Å². The van der Waals surface area contributed by atoms with Crippen molar-refractivity contribution in [3.05, 3.63) is 137 Å². The second-order valence-corrected chi connectivity index (χ2v) is 11.6. The fourth-order valence-corrected chi connectivity index (χ4v) is 8.37. The third-order valence-corrected chi connectivity index (χ3v) is 9.53. The molecule has 0 aliphatic heterocycles. The molecular weight excluding hydrogens is 446 g/mol. The largest absolute Gasteiger partial charge is 0.378 e. The molecule has 1 fully saturated rings. The minimum Gasteiger partial charge on any atom is -0.378 e. The summed E-state index contributed by atoms with van der Waals surface area (Å²) in [7, 11) is 0. The van der Waals surface area contributed by atoms with Crippen LogP contribution in [0, 0.1) is 19.8 Å². The number of anilines is 1. The van der Waals surface area contributed by atoms with Crippen LogP contribution in [0.1, 0.15) is 58.2 Å². The standard InChI is InChI=1S/C36H31N/c1-22-17-23(2)19-26(18-22)37-35-29-15-16-36(32-13-7-5-11-27(32)28-12-6-8-14-33(28)36)34(29)30-20-24-9-3-4-10-25(24)21-31(30)35/h3-14,17-21,29,34-35,37H,15-16H2,1-2H3/t29-,34+,35-/m1/s1. The molecule has 0 unspecified atom stereocenters. The number of rotatable bonds is 2. The molecule has 8 rings (SSSR count). The first-order valence-corrected chi connectivity index (χ1v) is 13.7. The van der Waals surface area contributed by atoms with Crippen molar-refractivity contribution < 1.29 is 0 Å². The first-order chi connectivity index (χ1) is 18.1. The summed E-state index contributed by atoms with van der Waals surface area (Å²) in [5.41, 5.74) is 12.9. The van der Waals surface area contributed by atoms with Crippen molar-refractivity contribution in [2.75, 3.05) is 5.32 Å². The number of hydrogen-bond acceptors (Lipinski definition) is 1. The summed E-state index contributed by atoms with van der Waals surface area (Å²) in [5, 5.41) is 6.77.